The summed E-state index contributed by atoms with van der Waals surface area (Å²) in [4.78, 5) is 11.2. The number of Topliss-reactive ketones (excluding diaryl/α,β-unsaturated/α-hetero) is 1. The van der Waals surface area contributed by atoms with Gasteiger partial charge in [-0.05, 0) is 30.8 Å². The minimum absolute atomic E-state index is 0.0139. The van der Waals surface area contributed by atoms with E-state index in [9.17, 15) is 9.18 Å². The zero-order valence-electron chi connectivity index (χ0n) is 7.81. The van der Waals surface area contributed by atoms with E-state index in [2.05, 4.69) is 5.32 Å². The summed E-state index contributed by atoms with van der Waals surface area (Å²) in [5.74, 6) is -0.387. The molecule has 0 aromatic heterocycles. The number of nitrogens with one attached hydrogen (secondary N) is 1. The molecule has 0 bridgehead atoms. The van der Waals surface area contributed by atoms with E-state index in [4.69, 9.17) is 11.6 Å². The molecular formula is C10H11ClFNO. The van der Waals surface area contributed by atoms with Crippen LogP contribution in [0.4, 0.5) is 4.39 Å². The molecule has 0 heterocycles. The van der Waals surface area contributed by atoms with Crippen LogP contribution < -0.4 is 5.32 Å². The normalized spacial score (nSPS) is 10.2. The summed E-state index contributed by atoms with van der Waals surface area (Å²) in [5, 5.41) is 3.16. The van der Waals surface area contributed by atoms with Gasteiger partial charge in [-0.2, -0.15) is 0 Å². The second kappa shape index (κ2) is 5.08. The molecule has 0 aliphatic carbocycles. The van der Waals surface area contributed by atoms with Crippen molar-refractivity contribution in [2.24, 2.45) is 0 Å². The highest BCUT2D eigenvalue weighted by atomic mass is 35.5. The van der Waals surface area contributed by atoms with Gasteiger partial charge in [-0.25, -0.2) is 4.39 Å². The second-order valence-electron chi connectivity index (χ2n) is 2.98. The second-order valence-corrected chi connectivity index (χ2v) is 3.39. The van der Waals surface area contributed by atoms with Gasteiger partial charge >= 0.3 is 0 Å². The van der Waals surface area contributed by atoms with Crippen LogP contribution in [0.5, 0.6) is 0 Å². The van der Waals surface area contributed by atoms with Gasteiger partial charge in [-0.1, -0.05) is 11.6 Å². The molecule has 0 spiro atoms. The summed E-state index contributed by atoms with van der Waals surface area (Å²) in [7, 11) is 1.69. The molecule has 0 saturated heterocycles. The van der Waals surface area contributed by atoms with Crippen LogP contribution in [0, 0.1) is 5.82 Å². The van der Waals surface area contributed by atoms with Crippen LogP contribution in [0.1, 0.15) is 5.56 Å². The zero-order chi connectivity index (χ0) is 10.6. The number of rotatable bonds is 4. The molecule has 1 N–H and O–H groups in total. The van der Waals surface area contributed by atoms with Crippen molar-refractivity contribution in [2.75, 3.05) is 13.6 Å². The molecule has 0 atom stereocenters. The molecule has 1 aromatic rings. The molecule has 0 aliphatic rings. The average molecular weight is 216 g/mol. The van der Waals surface area contributed by atoms with Gasteiger partial charge in [0.05, 0.1) is 6.54 Å². The van der Waals surface area contributed by atoms with Crippen molar-refractivity contribution >= 4 is 17.4 Å². The first kappa shape index (κ1) is 11.1. The maximum absolute atomic E-state index is 12.8. The third kappa shape index (κ3) is 3.09. The van der Waals surface area contributed by atoms with E-state index in [1.807, 2.05) is 0 Å². The standard InChI is InChI=1S/C10H11ClFNO/c1-13-6-9(14)5-7-4-8(12)2-3-10(7)11/h2-4,13H,5-6H2,1H3. The van der Waals surface area contributed by atoms with Crippen molar-refractivity contribution in [1.29, 1.82) is 0 Å². The van der Waals surface area contributed by atoms with Crippen LogP contribution in [0.25, 0.3) is 0 Å². The summed E-state index contributed by atoms with van der Waals surface area (Å²) in [6.45, 7) is 0.271. The van der Waals surface area contributed by atoms with Crippen molar-refractivity contribution in [3.63, 3.8) is 0 Å². The van der Waals surface area contributed by atoms with Crippen LogP contribution >= 0.6 is 11.6 Å². The molecule has 4 heteroatoms. The Morgan fingerprint density at radius 3 is 2.93 bits per heavy atom. The van der Waals surface area contributed by atoms with Crippen LogP contribution in [0.3, 0.4) is 0 Å². The smallest absolute Gasteiger partial charge is 0.151 e. The Labute approximate surface area is 87.1 Å². The Balaban J connectivity index is 2.75. The topological polar surface area (TPSA) is 29.1 Å². The Morgan fingerprint density at radius 1 is 1.57 bits per heavy atom. The number of carbonyl (C=O) groups is 1. The molecule has 0 fully saturated rings. The molecule has 14 heavy (non-hydrogen) atoms. The van der Waals surface area contributed by atoms with Crippen LogP contribution in [0.2, 0.25) is 5.02 Å². The first-order chi connectivity index (χ1) is 6.63. The monoisotopic (exact) mass is 215 g/mol. The summed E-state index contributed by atoms with van der Waals surface area (Å²) in [5.41, 5.74) is 0.534. The lowest BCUT2D eigenvalue weighted by atomic mass is 10.1. The lowest BCUT2D eigenvalue weighted by molar-refractivity contribution is -0.117. The molecular weight excluding hydrogens is 205 g/mol. The van der Waals surface area contributed by atoms with Crippen molar-refractivity contribution in [3.05, 3.63) is 34.6 Å². The fraction of sp³-hybridized carbons (Fsp3) is 0.300. The molecule has 2 nitrogen and oxygen atoms in total. The van der Waals surface area contributed by atoms with Crippen molar-refractivity contribution in [2.45, 2.75) is 6.42 Å². The Bertz CT molecular complexity index is 341. The van der Waals surface area contributed by atoms with Gasteiger partial charge in [0.1, 0.15) is 5.82 Å². The molecule has 76 valence electrons. The van der Waals surface area contributed by atoms with E-state index in [1.54, 1.807) is 7.05 Å². The summed E-state index contributed by atoms with van der Waals surface area (Å²) in [6, 6.07) is 4.02. The highest BCUT2D eigenvalue weighted by Crippen LogP contribution is 2.17. The number of halogens is 2. The van der Waals surface area contributed by atoms with Crippen molar-refractivity contribution in [1.82, 2.24) is 5.32 Å². The third-order valence-electron chi connectivity index (χ3n) is 1.77. The lowest BCUT2D eigenvalue weighted by Gasteiger charge is -2.03. The van der Waals surface area contributed by atoms with Crippen molar-refractivity contribution < 1.29 is 9.18 Å². The van der Waals surface area contributed by atoms with Gasteiger partial charge in [-0.15, -0.1) is 0 Å². The number of hydrogen-bond acceptors (Lipinski definition) is 2. The van der Waals surface area contributed by atoms with Gasteiger partial charge in [0.2, 0.25) is 0 Å². The molecule has 0 unspecified atom stereocenters. The Kier molecular flexibility index (Phi) is 4.04. The van der Waals surface area contributed by atoms with E-state index in [0.29, 0.717) is 10.6 Å². The minimum atomic E-state index is -0.373. The van der Waals surface area contributed by atoms with Crippen LogP contribution in [-0.4, -0.2) is 19.4 Å². The average Bonchev–Trinajstić information content (AvgIpc) is 2.12. The van der Waals surface area contributed by atoms with E-state index in [-0.39, 0.29) is 24.6 Å². The predicted molar refractivity (Wildman–Crippen MR) is 54.0 cm³/mol. The van der Waals surface area contributed by atoms with Gasteiger partial charge in [0, 0.05) is 11.4 Å². The zero-order valence-corrected chi connectivity index (χ0v) is 8.57. The quantitative estimate of drug-likeness (QED) is 0.830. The molecule has 1 rings (SSSR count). The summed E-state index contributed by atoms with van der Waals surface area (Å²) in [6.07, 6.45) is 0.164. The van der Waals surface area contributed by atoms with Gasteiger partial charge in [-0.3, -0.25) is 4.79 Å². The Hall–Kier alpha value is -0.930. The molecule has 0 aliphatic heterocycles. The largest absolute Gasteiger partial charge is 0.313 e. The Morgan fingerprint density at radius 2 is 2.29 bits per heavy atom. The van der Waals surface area contributed by atoms with E-state index >= 15 is 0 Å². The highest BCUT2D eigenvalue weighted by molar-refractivity contribution is 6.31. The maximum Gasteiger partial charge on any atom is 0.151 e. The van der Waals surface area contributed by atoms with E-state index in [1.165, 1.54) is 18.2 Å². The molecule has 0 amide bonds. The number of hydrogen-bond donors (Lipinski definition) is 1. The first-order valence-electron chi connectivity index (χ1n) is 4.23. The fourth-order valence-corrected chi connectivity index (χ4v) is 1.34. The fourth-order valence-electron chi connectivity index (χ4n) is 1.15. The number of benzene rings is 1. The summed E-state index contributed by atoms with van der Waals surface area (Å²) >= 11 is 5.80. The van der Waals surface area contributed by atoms with Gasteiger partial charge in [0.25, 0.3) is 0 Å². The molecule has 1 aromatic carbocycles. The highest BCUT2D eigenvalue weighted by Gasteiger charge is 2.07. The maximum atomic E-state index is 12.8. The van der Waals surface area contributed by atoms with Crippen LogP contribution in [-0.2, 0) is 11.2 Å². The molecule has 0 saturated carbocycles. The predicted octanol–water partition coefficient (Wildman–Crippen LogP) is 1.81. The first-order valence-corrected chi connectivity index (χ1v) is 4.61. The number of carbonyl (C=O) groups excluding carboxylic acids is 1. The summed E-state index contributed by atoms with van der Waals surface area (Å²) < 4.78 is 12.8. The van der Waals surface area contributed by atoms with E-state index < -0.39 is 0 Å². The van der Waals surface area contributed by atoms with E-state index in [0.717, 1.165) is 0 Å². The third-order valence-corrected chi connectivity index (χ3v) is 2.14. The number of likely N-dealkylation sites (N-methyl/N-ethyl adjacent to an activating group) is 1. The minimum Gasteiger partial charge on any atom is -0.313 e. The molecule has 0 radical (unpaired) electrons. The van der Waals surface area contributed by atoms with Gasteiger partial charge < -0.3 is 5.32 Å². The van der Waals surface area contributed by atoms with Gasteiger partial charge in [0.15, 0.2) is 5.78 Å². The van der Waals surface area contributed by atoms with Crippen molar-refractivity contribution in [3.8, 4) is 0 Å². The van der Waals surface area contributed by atoms with Crippen LogP contribution in [0.15, 0.2) is 18.2 Å². The lowest BCUT2D eigenvalue weighted by Crippen LogP contribution is -2.20. The number of ketones is 1. The SMILES string of the molecule is CNCC(=O)Cc1cc(F)ccc1Cl.